The van der Waals surface area contributed by atoms with E-state index in [4.69, 9.17) is 5.84 Å². The molecule has 1 atom stereocenters. The first-order valence-electron chi connectivity index (χ1n) is 5.42. The zero-order valence-electron chi connectivity index (χ0n) is 8.68. The molecule has 1 aliphatic rings. The number of fused-ring (bicyclic) bond motifs is 1. The van der Waals surface area contributed by atoms with E-state index in [1.165, 1.54) is 30.6 Å². The first kappa shape index (κ1) is 10.1. The first-order valence-corrected chi connectivity index (χ1v) is 6.24. The van der Waals surface area contributed by atoms with Gasteiger partial charge in [-0.25, -0.2) is 0 Å². The molecule has 1 heterocycles. The van der Waals surface area contributed by atoms with E-state index in [9.17, 15) is 0 Å². The molecule has 0 radical (unpaired) electrons. The van der Waals surface area contributed by atoms with Crippen LogP contribution in [0, 0.1) is 0 Å². The van der Waals surface area contributed by atoms with Crippen molar-refractivity contribution in [1.82, 2.24) is 5.43 Å². The van der Waals surface area contributed by atoms with Gasteiger partial charge in [0.15, 0.2) is 0 Å². The minimum Gasteiger partial charge on any atom is -0.271 e. The Hall–Kier alpha value is -0.380. The summed E-state index contributed by atoms with van der Waals surface area (Å²) in [7, 11) is 0. The molecule has 0 fully saturated rings. The number of hydrogen-bond donors (Lipinski definition) is 2. The minimum atomic E-state index is 0.371. The van der Waals surface area contributed by atoms with Crippen LogP contribution >= 0.6 is 11.3 Å². The second-order valence-electron chi connectivity index (χ2n) is 3.96. The number of aryl methyl sites for hydroxylation is 2. The lowest BCUT2D eigenvalue weighted by Crippen LogP contribution is -2.27. The van der Waals surface area contributed by atoms with Crippen molar-refractivity contribution in [3.8, 4) is 0 Å². The predicted octanol–water partition coefficient (Wildman–Crippen LogP) is 2.54. The molecular weight excluding hydrogens is 192 g/mol. The van der Waals surface area contributed by atoms with Crippen molar-refractivity contribution in [2.45, 2.75) is 45.1 Å². The fourth-order valence-electron chi connectivity index (χ4n) is 2.12. The molecule has 1 unspecified atom stereocenters. The topological polar surface area (TPSA) is 38.0 Å². The fourth-order valence-corrected chi connectivity index (χ4v) is 3.47. The van der Waals surface area contributed by atoms with Crippen molar-refractivity contribution in [2.75, 3.05) is 0 Å². The van der Waals surface area contributed by atoms with Crippen LogP contribution < -0.4 is 11.3 Å². The quantitative estimate of drug-likeness (QED) is 0.592. The van der Waals surface area contributed by atoms with Gasteiger partial charge >= 0.3 is 0 Å². The molecule has 2 rings (SSSR count). The van der Waals surface area contributed by atoms with E-state index in [0.29, 0.717) is 6.04 Å². The Morgan fingerprint density at radius 3 is 3.07 bits per heavy atom. The van der Waals surface area contributed by atoms with E-state index >= 15 is 0 Å². The van der Waals surface area contributed by atoms with Crippen molar-refractivity contribution >= 4 is 11.3 Å². The summed E-state index contributed by atoms with van der Waals surface area (Å²) < 4.78 is 0. The van der Waals surface area contributed by atoms with Gasteiger partial charge in [0.1, 0.15) is 0 Å². The Kier molecular flexibility index (Phi) is 3.21. The molecule has 0 bridgehead atoms. The second-order valence-corrected chi connectivity index (χ2v) is 5.13. The highest BCUT2D eigenvalue weighted by Gasteiger charge is 2.18. The first-order chi connectivity index (χ1) is 6.85. The third-order valence-electron chi connectivity index (χ3n) is 2.89. The Morgan fingerprint density at radius 2 is 2.43 bits per heavy atom. The number of hydrazine groups is 1. The van der Waals surface area contributed by atoms with Gasteiger partial charge in [-0.2, -0.15) is 0 Å². The van der Waals surface area contributed by atoms with Gasteiger partial charge in [0.25, 0.3) is 0 Å². The van der Waals surface area contributed by atoms with E-state index in [1.54, 1.807) is 10.4 Å². The number of nitrogens with two attached hydrogens (primary N) is 1. The largest absolute Gasteiger partial charge is 0.271 e. The third-order valence-corrected chi connectivity index (χ3v) is 4.24. The van der Waals surface area contributed by atoms with Gasteiger partial charge in [-0.05, 0) is 37.3 Å². The maximum absolute atomic E-state index is 5.57. The molecule has 14 heavy (non-hydrogen) atoms. The molecule has 1 aliphatic carbocycles. The smallest absolute Gasteiger partial charge is 0.0553 e. The van der Waals surface area contributed by atoms with Crippen LogP contribution in [0.4, 0.5) is 0 Å². The van der Waals surface area contributed by atoms with Gasteiger partial charge in [0.05, 0.1) is 6.04 Å². The molecule has 1 aromatic rings. The number of rotatable bonds is 4. The van der Waals surface area contributed by atoms with E-state index in [2.05, 4.69) is 18.4 Å². The highest BCUT2D eigenvalue weighted by atomic mass is 32.1. The molecule has 0 saturated heterocycles. The summed E-state index contributed by atoms with van der Waals surface area (Å²) in [5, 5.41) is 0. The lowest BCUT2D eigenvalue weighted by atomic mass is 10.1. The number of nitrogens with one attached hydrogen (secondary N) is 1. The Bertz CT molecular complexity index is 285. The molecule has 0 spiro atoms. The summed E-state index contributed by atoms with van der Waals surface area (Å²) in [6.07, 6.45) is 6.21. The van der Waals surface area contributed by atoms with E-state index in [0.717, 1.165) is 6.42 Å². The molecule has 0 aromatic carbocycles. The molecule has 0 amide bonds. The average Bonchev–Trinajstić information content (AvgIpc) is 2.73. The van der Waals surface area contributed by atoms with Gasteiger partial charge < -0.3 is 0 Å². The summed E-state index contributed by atoms with van der Waals surface area (Å²) in [4.78, 5) is 3.02. The molecule has 3 heteroatoms. The van der Waals surface area contributed by atoms with Crippen LogP contribution in [0.25, 0.3) is 0 Å². The van der Waals surface area contributed by atoms with E-state index in [-0.39, 0.29) is 0 Å². The van der Waals surface area contributed by atoms with Gasteiger partial charge in [0.2, 0.25) is 0 Å². The van der Waals surface area contributed by atoms with Crippen molar-refractivity contribution in [3.05, 3.63) is 21.4 Å². The second kappa shape index (κ2) is 4.43. The Morgan fingerprint density at radius 1 is 1.57 bits per heavy atom. The summed E-state index contributed by atoms with van der Waals surface area (Å²) in [5.74, 6) is 5.57. The van der Waals surface area contributed by atoms with Crippen LogP contribution in [0.2, 0.25) is 0 Å². The van der Waals surface area contributed by atoms with Crippen LogP contribution in [0.5, 0.6) is 0 Å². The van der Waals surface area contributed by atoms with E-state index < -0.39 is 0 Å². The normalized spacial score (nSPS) is 17.0. The summed E-state index contributed by atoms with van der Waals surface area (Å²) in [6, 6.07) is 2.73. The molecule has 78 valence electrons. The van der Waals surface area contributed by atoms with Crippen molar-refractivity contribution in [3.63, 3.8) is 0 Å². The van der Waals surface area contributed by atoms with Gasteiger partial charge in [-0.15, -0.1) is 11.3 Å². The van der Waals surface area contributed by atoms with Crippen LogP contribution in [0.3, 0.4) is 0 Å². The maximum atomic E-state index is 5.57. The summed E-state index contributed by atoms with van der Waals surface area (Å²) >= 11 is 1.95. The number of thiophene rings is 1. The summed E-state index contributed by atoms with van der Waals surface area (Å²) in [5.41, 5.74) is 4.49. The predicted molar refractivity (Wildman–Crippen MR) is 61.3 cm³/mol. The molecule has 0 aliphatic heterocycles. The van der Waals surface area contributed by atoms with Crippen molar-refractivity contribution in [2.24, 2.45) is 5.84 Å². The lowest BCUT2D eigenvalue weighted by molar-refractivity contribution is 0.517. The van der Waals surface area contributed by atoms with Crippen molar-refractivity contribution < 1.29 is 0 Å². The summed E-state index contributed by atoms with van der Waals surface area (Å²) in [6.45, 7) is 2.20. The van der Waals surface area contributed by atoms with Gasteiger partial charge in [-0.1, -0.05) is 13.3 Å². The fraction of sp³-hybridized carbons (Fsp3) is 0.636. The van der Waals surface area contributed by atoms with Crippen LogP contribution in [-0.4, -0.2) is 0 Å². The zero-order chi connectivity index (χ0) is 9.97. The van der Waals surface area contributed by atoms with Gasteiger partial charge in [-0.3, -0.25) is 11.3 Å². The Balaban J connectivity index is 2.14. The standard InChI is InChI=1S/C11H18N2S/c1-2-4-9(13-12)11-7-8-5-3-6-10(8)14-11/h7,9,13H,2-6,12H2,1H3. The highest BCUT2D eigenvalue weighted by molar-refractivity contribution is 7.12. The lowest BCUT2D eigenvalue weighted by Gasteiger charge is -2.12. The Labute approximate surface area is 89.5 Å². The minimum absolute atomic E-state index is 0.371. The average molecular weight is 210 g/mol. The van der Waals surface area contributed by atoms with Crippen LogP contribution in [0.15, 0.2) is 6.07 Å². The maximum Gasteiger partial charge on any atom is 0.0553 e. The van der Waals surface area contributed by atoms with Gasteiger partial charge in [0, 0.05) is 9.75 Å². The zero-order valence-corrected chi connectivity index (χ0v) is 9.49. The SMILES string of the molecule is CCCC(NN)c1cc2c(s1)CCC2. The molecule has 3 N–H and O–H groups in total. The van der Waals surface area contributed by atoms with Crippen LogP contribution in [-0.2, 0) is 12.8 Å². The number of hydrogen-bond acceptors (Lipinski definition) is 3. The molecule has 0 saturated carbocycles. The van der Waals surface area contributed by atoms with E-state index in [1.807, 2.05) is 11.3 Å². The molecule has 1 aromatic heterocycles. The monoisotopic (exact) mass is 210 g/mol. The molecule has 2 nitrogen and oxygen atoms in total. The van der Waals surface area contributed by atoms with Crippen LogP contribution in [0.1, 0.15) is 47.5 Å². The third kappa shape index (κ3) is 1.85. The van der Waals surface area contributed by atoms with Crippen molar-refractivity contribution in [1.29, 1.82) is 0 Å². The molecular formula is C11H18N2S. The highest BCUT2D eigenvalue weighted by Crippen LogP contribution is 2.34.